The van der Waals surface area contributed by atoms with Crippen LogP contribution >= 0.6 is 23.2 Å². The highest BCUT2D eigenvalue weighted by Gasteiger charge is 2.25. The summed E-state index contributed by atoms with van der Waals surface area (Å²) in [4.78, 5) is 11.9. The Morgan fingerprint density at radius 1 is 1.23 bits per heavy atom. The zero-order chi connectivity index (χ0) is 23.0. The summed E-state index contributed by atoms with van der Waals surface area (Å²) in [6.07, 6.45) is 3.00. The highest BCUT2D eigenvalue weighted by Crippen LogP contribution is 2.28. The molecule has 0 unspecified atom stereocenters. The van der Waals surface area contributed by atoms with E-state index in [1.54, 1.807) is 24.3 Å². The number of benzene rings is 2. The van der Waals surface area contributed by atoms with Crippen LogP contribution in [0, 0.1) is 0 Å². The predicted molar refractivity (Wildman–Crippen MR) is 121 cm³/mol. The molecule has 0 aliphatic rings. The second-order valence-corrected chi connectivity index (χ2v) is 9.00. The largest absolute Gasteiger partial charge is 0.493 e. The molecule has 2 aromatic rings. The third-order valence-corrected chi connectivity index (χ3v) is 6.42. The van der Waals surface area contributed by atoms with Crippen molar-refractivity contribution in [3.63, 3.8) is 0 Å². The molecule has 8 nitrogen and oxygen atoms in total. The number of amides is 1. The number of hydrogen-bond acceptors (Lipinski definition) is 6. The van der Waals surface area contributed by atoms with Crippen LogP contribution < -0.4 is 14.9 Å². The van der Waals surface area contributed by atoms with Crippen molar-refractivity contribution < 1.29 is 22.7 Å². The number of halogens is 2. The lowest BCUT2D eigenvalue weighted by Crippen LogP contribution is -2.36. The zero-order valence-corrected chi connectivity index (χ0v) is 19.2. The number of rotatable bonds is 10. The fourth-order valence-electron chi connectivity index (χ4n) is 2.38. The van der Waals surface area contributed by atoms with Gasteiger partial charge < -0.3 is 9.47 Å². The molecule has 0 saturated heterocycles. The van der Waals surface area contributed by atoms with E-state index in [2.05, 4.69) is 17.1 Å². The van der Waals surface area contributed by atoms with Gasteiger partial charge in [0.2, 0.25) is 10.0 Å². The second-order valence-electron chi connectivity index (χ2n) is 6.14. The Kier molecular flexibility index (Phi) is 8.88. The summed E-state index contributed by atoms with van der Waals surface area (Å²) in [7, 11) is -1.27. The first-order valence-corrected chi connectivity index (χ1v) is 11.0. The molecule has 0 bridgehead atoms. The SMILES string of the molecule is C=CCOc1ccc(/C=N\NC(=O)CN(C)S(=O)(=O)c2cc(Cl)ccc2Cl)cc1OC. The van der Waals surface area contributed by atoms with Gasteiger partial charge >= 0.3 is 0 Å². The number of likely N-dealkylation sites (N-methyl/N-ethyl adjacent to an activating group) is 1. The van der Waals surface area contributed by atoms with Gasteiger partial charge in [-0.2, -0.15) is 9.41 Å². The van der Waals surface area contributed by atoms with E-state index in [-0.39, 0.29) is 14.9 Å². The van der Waals surface area contributed by atoms with Gasteiger partial charge in [0.25, 0.3) is 5.91 Å². The average Bonchev–Trinajstić information content (AvgIpc) is 2.74. The average molecular weight is 486 g/mol. The maximum absolute atomic E-state index is 12.6. The second kappa shape index (κ2) is 11.1. The van der Waals surface area contributed by atoms with Crippen molar-refractivity contribution in [1.82, 2.24) is 9.73 Å². The quantitative estimate of drug-likeness (QED) is 0.316. The summed E-state index contributed by atoms with van der Waals surface area (Å²) in [6.45, 7) is 3.44. The zero-order valence-electron chi connectivity index (χ0n) is 16.8. The number of methoxy groups -OCH3 is 1. The van der Waals surface area contributed by atoms with Gasteiger partial charge in [-0.15, -0.1) is 0 Å². The van der Waals surface area contributed by atoms with Gasteiger partial charge in [0.05, 0.1) is 24.9 Å². The Bertz CT molecular complexity index is 1090. The summed E-state index contributed by atoms with van der Waals surface area (Å²) in [5.74, 6) is 0.384. The summed E-state index contributed by atoms with van der Waals surface area (Å²) in [5.41, 5.74) is 2.91. The van der Waals surface area contributed by atoms with Crippen molar-refractivity contribution in [2.75, 3.05) is 27.3 Å². The van der Waals surface area contributed by atoms with Crippen molar-refractivity contribution in [2.24, 2.45) is 5.10 Å². The number of hydrogen-bond donors (Lipinski definition) is 1. The first kappa shape index (κ1) is 24.7. The summed E-state index contributed by atoms with van der Waals surface area (Å²) < 4.78 is 36.9. The van der Waals surface area contributed by atoms with E-state index in [1.807, 2.05) is 0 Å². The van der Waals surface area contributed by atoms with Crippen LogP contribution in [0.5, 0.6) is 11.5 Å². The lowest BCUT2D eigenvalue weighted by molar-refractivity contribution is -0.121. The molecule has 1 N–H and O–H groups in total. The molecule has 2 rings (SSSR count). The molecule has 11 heteroatoms. The first-order chi connectivity index (χ1) is 14.7. The standard InChI is InChI=1S/C20H21Cl2N3O5S/c1-4-9-30-17-8-5-14(10-18(17)29-3)12-23-24-20(26)13-25(2)31(27,28)19-11-15(21)6-7-16(19)22/h4-8,10-12H,1,9,13H2,2-3H3,(H,24,26)/b23-12-. The smallest absolute Gasteiger partial charge is 0.255 e. The van der Waals surface area contributed by atoms with Crippen molar-refractivity contribution in [1.29, 1.82) is 0 Å². The number of sulfonamides is 1. The fourth-order valence-corrected chi connectivity index (χ4v) is 4.24. The molecule has 1 amide bonds. The van der Waals surface area contributed by atoms with Gasteiger partial charge in [-0.05, 0) is 42.0 Å². The minimum atomic E-state index is -4.02. The highest BCUT2D eigenvalue weighted by molar-refractivity contribution is 7.89. The molecule has 31 heavy (non-hydrogen) atoms. The molecule has 0 aliphatic heterocycles. The number of carbonyl (C=O) groups excluding carboxylic acids is 1. The van der Waals surface area contributed by atoms with Crippen LogP contribution in [0.4, 0.5) is 0 Å². The molecular weight excluding hydrogens is 465 g/mol. The topological polar surface area (TPSA) is 97.3 Å². The molecule has 166 valence electrons. The van der Waals surface area contributed by atoms with Gasteiger partial charge in [0.1, 0.15) is 11.5 Å². The number of carbonyl (C=O) groups is 1. The number of ether oxygens (including phenoxy) is 2. The van der Waals surface area contributed by atoms with Crippen molar-refractivity contribution in [3.05, 3.63) is 64.7 Å². The summed E-state index contributed by atoms with van der Waals surface area (Å²) in [5, 5.41) is 4.06. The Balaban J connectivity index is 2.02. The van der Waals surface area contributed by atoms with Gasteiger partial charge in [0.15, 0.2) is 11.5 Å². The number of hydrazone groups is 1. The lowest BCUT2D eigenvalue weighted by Gasteiger charge is -2.17. The van der Waals surface area contributed by atoms with Crippen molar-refractivity contribution in [3.8, 4) is 11.5 Å². The predicted octanol–water partition coefficient (Wildman–Crippen LogP) is 3.34. The molecule has 0 saturated carbocycles. The van der Waals surface area contributed by atoms with Crippen molar-refractivity contribution in [2.45, 2.75) is 4.90 Å². The molecule has 2 aromatic carbocycles. The number of nitrogens with one attached hydrogen (secondary N) is 1. The van der Waals surface area contributed by atoms with Crippen LogP contribution in [-0.4, -0.2) is 52.2 Å². The maximum Gasteiger partial charge on any atom is 0.255 e. The first-order valence-electron chi connectivity index (χ1n) is 8.84. The molecule has 0 atom stereocenters. The molecule has 0 heterocycles. The highest BCUT2D eigenvalue weighted by atomic mass is 35.5. The lowest BCUT2D eigenvalue weighted by atomic mass is 10.2. The van der Waals surface area contributed by atoms with E-state index < -0.39 is 22.5 Å². The van der Waals surface area contributed by atoms with Crippen LogP contribution in [0.2, 0.25) is 10.0 Å². The van der Waals surface area contributed by atoms with E-state index in [4.69, 9.17) is 32.7 Å². The third kappa shape index (κ3) is 6.70. The minimum absolute atomic E-state index is 0.00384. The Labute approximate surface area is 191 Å². The van der Waals surface area contributed by atoms with Gasteiger partial charge in [-0.3, -0.25) is 4.79 Å². The fraction of sp³-hybridized carbons (Fsp3) is 0.200. The Morgan fingerprint density at radius 2 is 1.97 bits per heavy atom. The summed E-state index contributed by atoms with van der Waals surface area (Å²) >= 11 is 11.8. The van der Waals surface area contributed by atoms with Crippen LogP contribution in [-0.2, 0) is 14.8 Å². The molecule has 0 spiro atoms. The molecule has 0 fully saturated rings. The third-order valence-electron chi connectivity index (χ3n) is 3.89. The molecule has 0 radical (unpaired) electrons. The van der Waals surface area contributed by atoms with Crippen LogP contribution in [0.3, 0.4) is 0 Å². The van der Waals surface area contributed by atoms with E-state index in [0.29, 0.717) is 23.7 Å². The van der Waals surface area contributed by atoms with Gasteiger partial charge in [-0.1, -0.05) is 35.9 Å². The Hall–Kier alpha value is -2.59. The van der Waals surface area contributed by atoms with Crippen LogP contribution in [0.15, 0.2) is 59.1 Å². The van der Waals surface area contributed by atoms with E-state index >= 15 is 0 Å². The van der Waals surface area contributed by atoms with E-state index in [1.165, 1.54) is 38.6 Å². The Morgan fingerprint density at radius 3 is 2.65 bits per heavy atom. The van der Waals surface area contributed by atoms with E-state index in [9.17, 15) is 13.2 Å². The minimum Gasteiger partial charge on any atom is -0.493 e. The van der Waals surface area contributed by atoms with Crippen LogP contribution in [0.1, 0.15) is 5.56 Å². The molecule has 0 aromatic heterocycles. The molecule has 0 aliphatic carbocycles. The van der Waals surface area contributed by atoms with Gasteiger partial charge in [0, 0.05) is 12.1 Å². The van der Waals surface area contributed by atoms with Gasteiger partial charge in [-0.25, -0.2) is 13.8 Å². The van der Waals surface area contributed by atoms with Crippen LogP contribution in [0.25, 0.3) is 0 Å². The van der Waals surface area contributed by atoms with E-state index in [0.717, 1.165) is 4.31 Å². The normalized spacial score (nSPS) is 11.5. The maximum atomic E-state index is 12.6. The molecular formula is C20H21Cl2N3O5S. The number of nitrogens with zero attached hydrogens (tertiary/aromatic N) is 2. The monoisotopic (exact) mass is 485 g/mol. The summed E-state index contributed by atoms with van der Waals surface area (Å²) in [6, 6.07) is 9.15. The van der Waals surface area contributed by atoms with Crippen molar-refractivity contribution >= 4 is 45.3 Å².